The van der Waals surface area contributed by atoms with Crippen molar-refractivity contribution in [3.63, 3.8) is 0 Å². The molecule has 1 saturated carbocycles. The van der Waals surface area contributed by atoms with E-state index in [2.05, 4.69) is 4.90 Å². The molecule has 6 heteroatoms. The monoisotopic (exact) mass is 296 g/mol. The zero-order valence-electron chi connectivity index (χ0n) is 12.4. The summed E-state index contributed by atoms with van der Waals surface area (Å²) in [7, 11) is 0. The van der Waals surface area contributed by atoms with Crippen LogP contribution in [0.4, 0.5) is 0 Å². The smallest absolute Gasteiger partial charge is 0.307 e. The molecular formula is C15H24N2O4. The molecule has 0 aromatic rings. The molecule has 1 aliphatic carbocycles. The van der Waals surface area contributed by atoms with Crippen LogP contribution in [0, 0.1) is 11.8 Å². The summed E-state index contributed by atoms with van der Waals surface area (Å²) in [4.78, 5) is 27.4. The Balaban J connectivity index is 1.46. The fraction of sp³-hybridized carbons (Fsp3) is 0.867. The van der Waals surface area contributed by atoms with Crippen molar-refractivity contribution in [3.05, 3.63) is 0 Å². The first-order valence-corrected chi connectivity index (χ1v) is 8.00. The summed E-state index contributed by atoms with van der Waals surface area (Å²) in [6, 6.07) is 0. The standard InChI is InChI=1S/C15H24N2O4/c18-14(12-9-13(12)15(19)20)17-5-2-4-16(6-7-17)10-11-3-1-8-21-11/h11-13H,1-10H2,(H,19,20)/t11?,12-,13+/m1/s1. The highest BCUT2D eigenvalue weighted by atomic mass is 16.5. The topological polar surface area (TPSA) is 70.1 Å². The third kappa shape index (κ3) is 3.55. The van der Waals surface area contributed by atoms with Crippen LogP contribution < -0.4 is 0 Å². The minimum absolute atomic E-state index is 0.0429. The first-order valence-electron chi connectivity index (χ1n) is 8.00. The maximum absolute atomic E-state index is 12.3. The molecule has 3 fully saturated rings. The number of hydrogen-bond donors (Lipinski definition) is 1. The van der Waals surface area contributed by atoms with Crippen LogP contribution >= 0.6 is 0 Å². The Morgan fingerprint density at radius 1 is 1.10 bits per heavy atom. The maximum Gasteiger partial charge on any atom is 0.307 e. The van der Waals surface area contributed by atoms with Crippen molar-refractivity contribution < 1.29 is 19.4 Å². The number of amides is 1. The summed E-state index contributed by atoms with van der Waals surface area (Å²) >= 11 is 0. The predicted molar refractivity (Wildman–Crippen MR) is 75.8 cm³/mol. The lowest BCUT2D eigenvalue weighted by atomic mass is 10.2. The maximum atomic E-state index is 12.3. The summed E-state index contributed by atoms with van der Waals surface area (Å²) in [6.07, 6.45) is 4.13. The summed E-state index contributed by atoms with van der Waals surface area (Å²) < 4.78 is 5.67. The number of hydrogen-bond acceptors (Lipinski definition) is 4. The molecule has 1 N–H and O–H groups in total. The van der Waals surface area contributed by atoms with Gasteiger partial charge in [-0.1, -0.05) is 0 Å². The van der Waals surface area contributed by atoms with Gasteiger partial charge >= 0.3 is 5.97 Å². The average Bonchev–Trinajstić information content (AvgIpc) is 3.17. The number of ether oxygens (including phenoxy) is 1. The van der Waals surface area contributed by atoms with Crippen molar-refractivity contribution in [2.45, 2.75) is 31.8 Å². The van der Waals surface area contributed by atoms with Crippen LogP contribution in [-0.2, 0) is 14.3 Å². The van der Waals surface area contributed by atoms with Crippen LogP contribution in [0.3, 0.4) is 0 Å². The van der Waals surface area contributed by atoms with E-state index >= 15 is 0 Å². The van der Waals surface area contributed by atoms with Gasteiger partial charge in [-0.15, -0.1) is 0 Å². The zero-order valence-corrected chi connectivity index (χ0v) is 12.4. The van der Waals surface area contributed by atoms with Crippen LogP contribution in [0.25, 0.3) is 0 Å². The van der Waals surface area contributed by atoms with Gasteiger partial charge in [-0.2, -0.15) is 0 Å². The van der Waals surface area contributed by atoms with Gasteiger partial charge in [0.15, 0.2) is 0 Å². The zero-order chi connectivity index (χ0) is 14.8. The van der Waals surface area contributed by atoms with Crippen LogP contribution in [0.5, 0.6) is 0 Å². The minimum Gasteiger partial charge on any atom is -0.481 e. The molecule has 118 valence electrons. The number of rotatable bonds is 4. The lowest BCUT2D eigenvalue weighted by Crippen LogP contribution is -2.38. The van der Waals surface area contributed by atoms with Gasteiger partial charge in [-0.3, -0.25) is 14.5 Å². The number of carboxylic acids is 1. The lowest BCUT2D eigenvalue weighted by molar-refractivity contribution is -0.141. The van der Waals surface area contributed by atoms with E-state index in [9.17, 15) is 9.59 Å². The number of nitrogens with zero attached hydrogens (tertiary/aromatic N) is 2. The van der Waals surface area contributed by atoms with Gasteiger partial charge in [-0.05, 0) is 32.2 Å². The molecule has 1 amide bonds. The molecular weight excluding hydrogens is 272 g/mol. The van der Waals surface area contributed by atoms with E-state index in [1.807, 2.05) is 4.90 Å². The molecule has 0 spiro atoms. The predicted octanol–water partition coefficient (Wildman–Crippen LogP) is 0.420. The van der Waals surface area contributed by atoms with Gasteiger partial charge < -0.3 is 14.7 Å². The van der Waals surface area contributed by atoms with Crippen LogP contribution in [-0.4, -0.2) is 72.2 Å². The molecule has 3 aliphatic rings. The summed E-state index contributed by atoms with van der Waals surface area (Å²) in [5.41, 5.74) is 0. The van der Waals surface area contributed by atoms with E-state index in [1.165, 1.54) is 0 Å². The molecule has 0 bridgehead atoms. The average molecular weight is 296 g/mol. The third-order valence-electron chi connectivity index (χ3n) is 4.81. The highest BCUT2D eigenvalue weighted by molar-refractivity contribution is 5.89. The van der Waals surface area contributed by atoms with Gasteiger partial charge in [0.2, 0.25) is 5.91 Å². The molecule has 0 radical (unpaired) electrons. The Hall–Kier alpha value is -1.14. The highest BCUT2D eigenvalue weighted by Crippen LogP contribution is 2.40. The van der Waals surface area contributed by atoms with Crippen LogP contribution in [0.15, 0.2) is 0 Å². The molecule has 3 atom stereocenters. The van der Waals surface area contributed by atoms with Crippen molar-refractivity contribution in [3.8, 4) is 0 Å². The SMILES string of the molecule is O=C(O)[C@H]1C[C@H]1C(=O)N1CCCN(CC2CCCO2)CC1. The molecule has 2 heterocycles. The molecule has 21 heavy (non-hydrogen) atoms. The van der Waals surface area contributed by atoms with Crippen LogP contribution in [0.2, 0.25) is 0 Å². The minimum atomic E-state index is -0.830. The van der Waals surface area contributed by atoms with Crippen molar-refractivity contribution >= 4 is 11.9 Å². The van der Waals surface area contributed by atoms with Gasteiger partial charge in [0.25, 0.3) is 0 Å². The Labute approximate surface area is 125 Å². The Morgan fingerprint density at radius 2 is 1.95 bits per heavy atom. The molecule has 6 nitrogen and oxygen atoms in total. The molecule has 2 aliphatic heterocycles. The number of carbonyl (C=O) groups excluding carboxylic acids is 1. The molecule has 0 aromatic heterocycles. The summed E-state index contributed by atoms with van der Waals surface area (Å²) in [5, 5.41) is 8.93. The molecule has 2 saturated heterocycles. The van der Waals surface area contributed by atoms with E-state index in [0.717, 1.165) is 52.0 Å². The second kappa shape index (κ2) is 6.32. The lowest BCUT2D eigenvalue weighted by Gasteiger charge is -2.24. The van der Waals surface area contributed by atoms with Crippen molar-refractivity contribution in [1.29, 1.82) is 0 Å². The number of carboxylic acid groups (broad SMARTS) is 1. The van der Waals surface area contributed by atoms with Crippen molar-refractivity contribution in [1.82, 2.24) is 9.80 Å². The summed E-state index contributed by atoms with van der Waals surface area (Å²) in [6.45, 7) is 5.18. The summed E-state index contributed by atoms with van der Waals surface area (Å²) in [5.74, 6) is -1.50. The first-order chi connectivity index (χ1) is 10.1. The second-order valence-corrected chi connectivity index (χ2v) is 6.40. The van der Waals surface area contributed by atoms with Crippen LogP contribution in [0.1, 0.15) is 25.7 Å². The molecule has 1 unspecified atom stereocenters. The Bertz CT molecular complexity index is 408. The Morgan fingerprint density at radius 3 is 2.62 bits per heavy atom. The quantitative estimate of drug-likeness (QED) is 0.814. The van der Waals surface area contributed by atoms with Gasteiger partial charge in [-0.25, -0.2) is 0 Å². The van der Waals surface area contributed by atoms with E-state index in [4.69, 9.17) is 9.84 Å². The fourth-order valence-corrected chi connectivity index (χ4v) is 3.43. The van der Waals surface area contributed by atoms with E-state index < -0.39 is 11.9 Å². The third-order valence-corrected chi connectivity index (χ3v) is 4.81. The van der Waals surface area contributed by atoms with E-state index in [1.54, 1.807) is 0 Å². The fourth-order valence-electron chi connectivity index (χ4n) is 3.43. The van der Waals surface area contributed by atoms with Gasteiger partial charge in [0.1, 0.15) is 0 Å². The van der Waals surface area contributed by atoms with Crippen molar-refractivity contribution in [2.24, 2.45) is 11.8 Å². The highest BCUT2D eigenvalue weighted by Gasteiger charge is 2.49. The van der Waals surface area contributed by atoms with Gasteiger partial charge in [0, 0.05) is 32.8 Å². The molecule has 3 rings (SSSR count). The second-order valence-electron chi connectivity index (χ2n) is 6.40. The van der Waals surface area contributed by atoms with E-state index in [-0.39, 0.29) is 11.8 Å². The van der Waals surface area contributed by atoms with Crippen molar-refractivity contribution in [2.75, 3.05) is 39.3 Å². The van der Waals surface area contributed by atoms with Gasteiger partial charge in [0.05, 0.1) is 17.9 Å². The number of aliphatic carboxylic acids is 1. The normalized spacial score (nSPS) is 33.7. The first kappa shape index (κ1) is 14.8. The largest absolute Gasteiger partial charge is 0.481 e. The number of carbonyl (C=O) groups is 2. The molecule has 0 aromatic carbocycles. The Kier molecular flexibility index (Phi) is 4.45. The van der Waals surface area contributed by atoms with E-state index in [0.29, 0.717) is 19.1 Å².